The van der Waals surface area contributed by atoms with Crippen molar-refractivity contribution in [1.29, 1.82) is 0 Å². The van der Waals surface area contributed by atoms with Crippen molar-refractivity contribution < 1.29 is 19.5 Å². The highest BCUT2D eigenvalue weighted by atomic mass is 32.1. The molecule has 6 nitrogen and oxygen atoms in total. The minimum atomic E-state index is -1.15. The van der Waals surface area contributed by atoms with Crippen LogP contribution >= 0.6 is 11.3 Å². The second-order valence-electron chi connectivity index (χ2n) is 2.37. The highest BCUT2D eigenvalue weighted by molar-refractivity contribution is 7.09. The van der Waals surface area contributed by atoms with Gasteiger partial charge in [-0.25, -0.2) is 15.3 Å². The lowest BCUT2D eigenvalue weighted by molar-refractivity contribution is -0.144. The normalized spacial score (nSPS) is 9.79. The zero-order valence-corrected chi connectivity index (χ0v) is 8.13. The molecule has 14 heavy (non-hydrogen) atoms. The third-order valence-corrected chi connectivity index (χ3v) is 1.99. The first kappa shape index (κ1) is 10.6. The number of carboxylic acid groups (broad SMARTS) is 1. The van der Waals surface area contributed by atoms with Crippen LogP contribution in [0.25, 0.3) is 0 Å². The molecule has 1 aromatic rings. The van der Waals surface area contributed by atoms with Gasteiger partial charge in [0, 0.05) is 5.38 Å². The first-order valence-corrected chi connectivity index (χ1v) is 4.53. The van der Waals surface area contributed by atoms with Crippen LogP contribution in [0.5, 0.6) is 0 Å². The zero-order valence-electron chi connectivity index (χ0n) is 7.31. The number of aromatic nitrogens is 1. The Morgan fingerprint density at radius 2 is 2.43 bits per heavy atom. The minimum absolute atomic E-state index is 0.220. The smallest absolute Gasteiger partial charge is 0.332 e. The number of rotatable bonds is 4. The summed E-state index contributed by atoms with van der Waals surface area (Å²) in [6.07, 6.45) is 0. The number of aryl methyl sites for hydroxylation is 1. The van der Waals surface area contributed by atoms with Gasteiger partial charge in [0.1, 0.15) is 5.69 Å². The van der Waals surface area contributed by atoms with Gasteiger partial charge >= 0.3 is 5.97 Å². The molecule has 1 heterocycles. The lowest BCUT2D eigenvalue weighted by Gasteiger charge is -2.00. The van der Waals surface area contributed by atoms with E-state index in [0.29, 0.717) is 0 Å². The number of carbonyl (C=O) groups excluding carboxylic acids is 1. The predicted octanol–water partition coefficient (Wildman–Crippen LogP) is 0.198. The van der Waals surface area contributed by atoms with Gasteiger partial charge in [0.05, 0.1) is 5.01 Å². The topological polar surface area (TPSA) is 88.5 Å². The van der Waals surface area contributed by atoms with E-state index in [-0.39, 0.29) is 5.69 Å². The van der Waals surface area contributed by atoms with E-state index in [2.05, 4.69) is 9.82 Å². The maximum absolute atomic E-state index is 11.2. The number of aliphatic carboxylic acids is 1. The highest BCUT2D eigenvalue weighted by Gasteiger charge is 2.09. The lowest BCUT2D eigenvalue weighted by Crippen LogP contribution is -2.26. The van der Waals surface area contributed by atoms with Gasteiger partial charge in [0.25, 0.3) is 5.91 Å². The van der Waals surface area contributed by atoms with Gasteiger partial charge in [-0.05, 0) is 6.92 Å². The van der Waals surface area contributed by atoms with E-state index >= 15 is 0 Å². The van der Waals surface area contributed by atoms with Gasteiger partial charge in [-0.3, -0.25) is 9.63 Å². The van der Waals surface area contributed by atoms with Crippen LogP contribution in [-0.4, -0.2) is 28.6 Å². The Labute approximate surface area is 83.5 Å². The van der Waals surface area contributed by atoms with Gasteiger partial charge in [-0.15, -0.1) is 11.3 Å². The number of thiazole rings is 1. The second-order valence-corrected chi connectivity index (χ2v) is 3.43. The molecule has 0 aliphatic rings. The molecule has 1 aromatic heterocycles. The molecule has 0 atom stereocenters. The number of nitrogens with zero attached hydrogens (tertiary/aromatic N) is 1. The Balaban J connectivity index is 2.39. The van der Waals surface area contributed by atoms with Crippen molar-refractivity contribution in [1.82, 2.24) is 10.5 Å². The molecule has 0 saturated heterocycles. The number of hydrogen-bond donors (Lipinski definition) is 2. The van der Waals surface area contributed by atoms with E-state index in [9.17, 15) is 9.59 Å². The summed E-state index contributed by atoms with van der Waals surface area (Å²) in [6, 6.07) is 0. The van der Waals surface area contributed by atoms with Crippen LogP contribution in [0, 0.1) is 6.92 Å². The molecule has 0 aromatic carbocycles. The molecule has 0 saturated carbocycles. The summed E-state index contributed by atoms with van der Waals surface area (Å²) in [5.74, 6) is -1.70. The third-order valence-electron chi connectivity index (χ3n) is 1.21. The average molecular weight is 216 g/mol. The second kappa shape index (κ2) is 4.68. The van der Waals surface area contributed by atoms with Crippen molar-refractivity contribution >= 4 is 23.2 Å². The summed E-state index contributed by atoms with van der Waals surface area (Å²) in [6.45, 7) is 1.19. The van der Waals surface area contributed by atoms with Crippen molar-refractivity contribution in [3.63, 3.8) is 0 Å². The van der Waals surface area contributed by atoms with Crippen LogP contribution in [0.4, 0.5) is 0 Å². The van der Waals surface area contributed by atoms with E-state index in [1.807, 2.05) is 5.48 Å². The summed E-state index contributed by atoms with van der Waals surface area (Å²) in [5, 5.41) is 10.5. The molecule has 1 amide bonds. The van der Waals surface area contributed by atoms with Crippen molar-refractivity contribution in [3.05, 3.63) is 16.1 Å². The van der Waals surface area contributed by atoms with Gasteiger partial charge in [-0.1, -0.05) is 0 Å². The van der Waals surface area contributed by atoms with Crippen LogP contribution in [0.15, 0.2) is 5.38 Å². The number of amides is 1. The van der Waals surface area contributed by atoms with Crippen molar-refractivity contribution in [2.24, 2.45) is 0 Å². The monoisotopic (exact) mass is 216 g/mol. The Morgan fingerprint density at radius 3 is 2.93 bits per heavy atom. The van der Waals surface area contributed by atoms with Crippen LogP contribution in [-0.2, 0) is 9.63 Å². The van der Waals surface area contributed by atoms with Crippen LogP contribution < -0.4 is 5.48 Å². The Bertz CT molecular complexity index is 349. The minimum Gasteiger partial charge on any atom is -0.479 e. The Kier molecular flexibility index (Phi) is 3.55. The van der Waals surface area contributed by atoms with Gasteiger partial charge in [0.15, 0.2) is 6.61 Å². The molecule has 0 fully saturated rings. The van der Waals surface area contributed by atoms with E-state index < -0.39 is 18.5 Å². The molecule has 1 rings (SSSR count). The number of hydroxylamine groups is 1. The summed E-state index contributed by atoms with van der Waals surface area (Å²) in [7, 11) is 0. The molecular weight excluding hydrogens is 208 g/mol. The van der Waals surface area contributed by atoms with Gasteiger partial charge in [0.2, 0.25) is 0 Å². The highest BCUT2D eigenvalue weighted by Crippen LogP contribution is 2.07. The van der Waals surface area contributed by atoms with E-state index in [1.165, 1.54) is 11.3 Å². The maximum atomic E-state index is 11.2. The van der Waals surface area contributed by atoms with Crippen LogP contribution in [0.2, 0.25) is 0 Å². The van der Waals surface area contributed by atoms with E-state index in [4.69, 9.17) is 5.11 Å². The fourth-order valence-corrected chi connectivity index (χ4v) is 1.28. The number of carbonyl (C=O) groups is 2. The fourth-order valence-electron chi connectivity index (χ4n) is 0.683. The Hall–Kier alpha value is -1.47. The third kappa shape index (κ3) is 3.11. The molecule has 0 spiro atoms. The molecule has 0 bridgehead atoms. The summed E-state index contributed by atoms with van der Waals surface area (Å²) < 4.78 is 0. The lowest BCUT2D eigenvalue weighted by atomic mass is 10.5. The van der Waals surface area contributed by atoms with Gasteiger partial charge < -0.3 is 5.11 Å². The van der Waals surface area contributed by atoms with Crippen LogP contribution in [0.1, 0.15) is 15.5 Å². The van der Waals surface area contributed by atoms with Crippen molar-refractivity contribution in [2.45, 2.75) is 6.92 Å². The first-order valence-electron chi connectivity index (χ1n) is 3.65. The predicted molar refractivity (Wildman–Crippen MR) is 47.9 cm³/mol. The largest absolute Gasteiger partial charge is 0.479 e. The SMILES string of the molecule is Cc1nc(C(=O)NOCC(=O)O)cs1. The van der Waals surface area contributed by atoms with Crippen molar-refractivity contribution in [3.8, 4) is 0 Å². The Morgan fingerprint density at radius 1 is 1.71 bits per heavy atom. The summed E-state index contributed by atoms with van der Waals surface area (Å²) >= 11 is 1.33. The van der Waals surface area contributed by atoms with Crippen LogP contribution in [0.3, 0.4) is 0 Å². The summed E-state index contributed by atoms with van der Waals surface area (Å²) in [4.78, 5) is 29.5. The molecule has 0 unspecified atom stereocenters. The molecule has 2 N–H and O–H groups in total. The average Bonchev–Trinajstić information content (AvgIpc) is 2.51. The quantitative estimate of drug-likeness (QED) is 0.702. The number of hydrogen-bond acceptors (Lipinski definition) is 5. The molecule has 0 aliphatic heterocycles. The zero-order chi connectivity index (χ0) is 10.6. The molecule has 76 valence electrons. The summed E-state index contributed by atoms with van der Waals surface area (Å²) in [5.41, 5.74) is 2.19. The molecule has 7 heteroatoms. The molecule has 0 radical (unpaired) electrons. The molecule has 0 aliphatic carbocycles. The molecular formula is C7H8N2O4S. The van der Waals surface area contributed by atoms with E-state index in [0.717, 1.165) is 5.01 Å². The fraction of sp³-hybridized carbons (Fsp3) is 0.286. The first-order chi connectivity index (χ1) is 6.59. The number of nitrogens with one attached hydrogen (secondary N) is 1. The van der Waals surface area contributed by atoms with E-state index in [1.54, 1.807) is 12.3 Å². The van der Waals surface area contributed by atoms with Crippen molar-refractivity contribution in [2.75, 3.05) is 6.61 Å². The van der Waals surface area contributed by atoms with Gasteiger partial charge in [-0.2, -0.15) is 0 Å². The number of carboxylic acids is 1. The standard InChI is InChI=1S/C7H8N2O4S/c1-4-8-5(3-14-4)7(12)9-13-2-6(10)11/h3H,2H2,1H3,(H,9,12)(H,10,11). The maximum Gasteiger partial charge on any atom is 0.332 e.